The third-order valence-electron chi connectivity index (χ3n) is 3.88. The molecule has 1 saturated heterocycles. The minimum absolute atomic E-state index is 0.158. The Morgan fingerprint density at radius 1 is 1.48 bits per heavy atom. The van der Waals surface area contributed by atoms with Crippen molar-refractivity contribution in [3.05, 3.63) is 29.8 Å². The molecule has 116 valence electrons. The highest BCUT2D eigenvalue weighted by molar-refractivity contribution is 5.89. The summed E-state index contributed by atoms with van der Waals surface area (Å²) in [6.07, 6.45) is 2.20. The molecule has 2 amide bonds. The van der Waals surface area contributed by atoms with E-state index in [-0.39, 0.29) is 12.1 Å². The molecule has 0 spiro atoms. The fraction of sp³-hybridized carbons (Fsp3) is 0.562. The van der Waals surface area contributed by atoms with E-state index < -0.39 is 0 Å². The fourth-order valence-corrected chi connectivity index (χ4v) is 2.43. The molecule has 2 unspecified atom stereocenters. The van der Waals surface area contributed by atoms with E-state index in [1.54, 1.807) is 0 Å². The van der Waals surface area contributed by atoms with Gasteiger partial charge in [0.05, 0.1) is 6.61 Å². The molecule has 1 aromatic carbocycles. The highest BCUT2D eigenvalue weighted by Crippen LogP contribution is 2.17. The molecule has 2 atom stereocenters. The number of nitrogens with one attached hydrogen (secondary N) is 3. The van der Waals surface area contributed by atoms with Crippen molar-refractivity contribution in [3.63, 3.8) is 0 Å². The number of carbonyl (C=O) groups excluding carboxylic acids is 1. The van der Waals surface area contributed by atoms with Crippen molar-refractivity contribution in [2.45, 2.75) is 25.8 Å². The number of benzene rings is 1. The molecule has 3 N–H and O–H groups in total. The maximum Gasteiger partial charge on any atom is 0.319 e. The lowest BCUT2D eigenvalue weighted by atomic mass is 10.0. The van der Waals surface area contributed by atoms with E-state index in [0.29, 0.717) is 12.5 Å². The van der Waals surface area contributed by atoms with Crippen LogP contribution in [0.1, 0.15) is 31.4 Å². The molecule has 5 heteroatoms. The van der Waals surface area contributed by atoms with Crippen LogP contribution in [0.25, 0.3) is 0 Å². The third-order valence-corrected chi connectivity index (χ3v) is 3.88. The van der Waals surface area contributed by atoms with Crippen molar-refractivity contribution < 1.29 is 9.53 Å². The average molecular weight is 291 g/mol. The number of hydrogen-bond acceptors (Lipinski definition) is 3. The molecule has 1 aromatic rings. The van der Waals surface area contributed by atoms with Crippen LogP contribution >= 0.6 is 0 Å². The van der Waals surface area contributed by atoms with E-state index in [2.05, 4.69) is 22.9 Å². The summed E-state index contributed by atoms with van der Waals surface area (Å²) in [6, 6.07) is 7.99. The van der Waals surface area contributed by atoms with E-state index in [9.17, 15) is 4.79 Å². The molecule has 0 aliphatic carbocycles. The second-order valence-electron chi connectivity index (χ2n) is 5.55. The van der Waals surface area contributed by atoms with E-state index in [1.165, 1.54) is 0 Å². The zero-order valence-corrected chi connectivity index (χ0v) is 12.8. The summed E-state index contributed by atoms with van der Waals surface area (Å²) in [5.74, 6) is 0.431. The number of ether oxygens (including phenoxy) is 1. The fourth-order valence-electron chi connectivity index (χ4n) is 2.43. The predicted octanol–water partition coefficient (Wildman–Crippen LogP) is 2.52. The number of anilines is 1. The van der Waals surface area contributed by atoms with Gasteiger partial charge in [-0.25, -0.2) is 4.79 Å². The smallest absolute Gasteiger partial charge is 0.319 e. The Balaban J connectivity index is 1.81. The highest BCUT2D eigenvalue weighted by Gasteiger charge is 2.14. The van der Waals surface area contributed by atoms with Gasteiger partial charge in [-0.2, -0.15) is 0 Å². The van der Waals surface area contributed by atoms with Crippen LogP contribution in [0.4, 0.5) is 10.5 Å². The minimum Gasteiger partial charge on any atom is -0.381 e. The summed E-state index contributed by atoms with van der Waals surface area (Å²) in [6.45, 7) is 4.34. The Bertz CT molecular complexity index is 459. The van der Waals surface area contributed by atoms with Gasteiger partial charge in [-0.15, -0.1) is 0 Å². The van der Waals surface area contributed by atoms with Gasteiger partial charge in [0.1, 0.15) is 0 Å². The third kappa shape index (κ3) is 5.02. The van der Waals surface area contributed by atoms with Gasteiger partial charge in [0.15, 0.2) is 0 Å². The molecular formula is C16H25N3O2. The second kappa shape index (κ2) is 8.00. The topological polar surface area (TPSA) is 62.4 Å². The normalized spacial score (nSPS) is 19.8. The van der Waals surface area contributed by atoms with Crippen LogP contribution in [0.5, 0.6) is 0 Å². The summed E-state index contributed by atoms with van der Waals surface area (Å²) in [7, 11) is 1.92. The first-order chi connectivity index (χ1) is 10.2. The molecule has 0 radical (unpaired) electrons. The molecule has 2 rings (SSSR count). The van der Waals surface area contributed by atoms with Gasteiger partial charge in [0.2, 0.25) is 0 Å². The molecule has 1 aliphatic rings. The summed E-state index contributed by atoms with van der Waals surface area (Å²) in [4.78, 5) is 11.9. The zero-order valence-electron chi connectivity index (χ0n) is 12.8. The number of urea groups is 1. The summed E-state index contributed by atoms with van der Waals surface area (Å²) in [5.41, 5.74) is 1.96. The highest BCUT2D eigenvalue weighted by atomic mass is 16.5. The van der Waals surface area contributed by atoms with Crippen LogP contribution in [0.3, 0.4) is 0 Å². The molecule has 1 heterocycles. The molecule has 1 aliphatic heterocycles. The van der Waals surface area contributed by atoms with E-state index in [1.807, 2.05) is 31.3 Å². The van der Waals surface area contributed by atoms with Crippen molar-refractivity contribution in [2.24, 2.45) is 5.92 Å². The maximum absolute atomic E-state index is 11.9. The SMILES string of the molecule is CNC(C)c1cccc(NC(=O)NCC2CCCOC2)c1. The minimum atomic E-state index is -0.158. The van der Waals surface area contributed by atoms with Gasteiger partial charge in [-0.1, -0.05) is 12.1 Å². The standard InChI is InChI=1S/C16H25N3O2/c1-12(17-2)14-6-3-7-15(9-14)19-16(20)18-10-13-5-4-8-21-11-13/h3,6-7,9,12-13,17H,4-5,8,10-11H2,1-2H3,(H2,18,19,20). The quantitative estimate of drug-likeness (QED) is 0.781. The lowest BCUT2D eigenvalue weighted by molar-refractivity contribution is 0.0559. The first-order valence-electron chi connectivity index (χ1n) is 7.59. The van der Waals surface area contributed by atoms with Crippen molar-refractivity contribution in [1.82, 2.24) is 10.6 Å². The Hall–Kier alpha value is -1.59. The Morgan fingerprint density at radius 3 is 3.05 bits per heavy atom. The lowest BCUT2D eigenvalue weighted by Crippen LogP contribution is -2.35. The van der Waals surface area contributed by atoms with Crippen LogP contribution in [0.15, 0.2) is 24.3 Å². The Labute approximate surface area is 126 Å². The summed E-state index contributed by atoms with van der Waals surface area (Å²) >= 11 is 0. The molecule has 5 nitrogen and oxygen atoms in total. The second-order valence-corrected chi connectivity index (χ2v) is 5.55. The van der Waals surface area contributed by atoms with Gasteiger partial charge in [0.25, 0.3) is 0 Å². The van der Waals surface area contributed by atoms with Gasteiger partial charge in [-0.3, -0.25) is 0 Å². The van der Waals surface area contributed by atoms with Crippen LogP contribution < -0.4 is 16.0 Å². The van der Waals surface area contributed by atoms with Gasteiger partial charge >= 0.3 is 6.03 Å². The average Bonchev–Trinajstić information content (AvgIpc) is 2.53. The van der Waals surface area contributed by atoms with Gasteiger partial charge < -0.3 is 20.7 Å². The van der Waals surface area contributed by atoms with Crippen molar-refractivity contribution >= 4 is 11.7 Å². The van der Waals surface area contributed by atoms with Gasteiger partial charge in [0, 0.05) is 24.9 Å². The molecule has 0 aromatic heterocycles. The van der Waals surface area contributed by atoms with E-state index >= 15 is 0 Å². The molecule has 1 fully saturated rings. The molecule has 21 heavy (non-hydrogen) atoms. The predicted molar refractivity (Wildman–Crippen MR) is 84.5 cm³/mol. The summed E-state index contributed by atoms with van der Waals surface area (Å²) in [5, 5.41) is 8.99. The number of amides is 2. The largest absolute Gasteiger partial charge is 0.381 e. The Kier molecular flexibility index (Phi) is 6.02. The molecule has 0 saturated carbocycles. The van der Waals surface area contributed by atoms with Crippen molar-refractivity contribution in [1.29, 1.82) is 0 Å². The number of rotatable bonds is 5. The van der Waals surface area contributed by atoms with E-state index in [0.717, 1.165) is 37.3 Å². The molecule has 0 bridgehead atoms. The van der Waals surface area contributed by atoms with Crippen molar-refractivity contribution in [2.75, 3.05) is 32.1 Å². The van der Waals surface area contributed by atoms with Crippen LogP contribution in [-0.4, -0.2) is 32.8 Å². The zero-order chi connectivity index (χ0) is 15.1. The lowest BCUT2D eigenvalue weighted by Gasteiger charge is -2.22. The van der Waals surface area contributed by atoms with E-state index in [4.69, 9.17) is 4.74 Å². The maximum atomic E-state index is 11.9. The van der Waals surface area contributed by atoms with Gasteiger partial charge in [-0.05, 0) is 50.4 Å². The van der Waals surface area contributed by atoms with Crippen molar-refractivity contribution in [3.8, 4) is 0 Å². The first kappa shape index (κ1) is 15.8. The molecular weight excluding hydrogens is 266 g/mol. The first-order valence-corrected chi connectivity index (χ1v) is 7.59. The Morgan fingerprint density at radius 2 is 2.33 bits per heavy atom. The number of carbonyl (C=O) groups is 1. The number of hydrogen-bond donors (Lipinski definition) is 3. The van der Waals surface area contributed by atoms with Crippen LogP contribution in [-0.2, 0) is 4.74 Å². The summed E-state index contributed by atoms with van der Waals surface area (Å²) < 4.78 is 5.41. The van der Waals surface area contributed by atoms with Crippen LogP contribution in [0.2, 0.25) is 0 Å². The van der Waals surface area contributed by atoms with Crippen LogP contribution in [0, 0.1) is 5.92 Å². The monoisotopic (exact) mass is 291 g/mol.